The number of rotatable bonds is 2. The molecule has 1 aliphatic carbocycles. The van der Waals surface area contributed by atoms with Crippen molar-refractivity contribution in [3.05, 3.63) is 23.3 Å². The number of ether oxygens (including phenoxy) is 2. The number of nitrogens with zero attached hydrogens (tertiary/aromatic N) is 1. The van der Waals surface area contributed by atoms with E-state index in [9.17, 15) is 9.90 Å². The van der Waals surface area contributed by atoms with Gasteiger partial charge < -0.3 is 19.5 Å². The third-order valence-electron chi connectivity index (χ3n) is 6.01. The summed E-state index contributed by atoms with van der Waals surface area (Å²) in [5.41, 5.74) is 0.801. The Morgan fingerprint density at radius 1 is 1.25 bits per heavy atom. The van der Waals surface area contributed by atoms with E-state index in [1.165, 1.54) is 6.42 Å². The molecule has 2 atom stereocenters. The summed E-state index contributed by atoms with van der Waals surface area (Å²) in [5, 5.41) is 11.1. The first kappa shape index (κ1) is 15.8. The highest BCUT2D eigenvalue weighted by atomic mass is 16.6. The van der Waals surface area contributed by atoms with Crippen LogP contribution >= 0.6 is 0 Å². The molecule has 2 heterocycles. The number of aliphatic hydroxyl groups is 1. The summed E-state index contributed by atoms with van der Waals surface area (Å²) >= 11 is 0. The fourth-order valence-electron chi connectivity index (χ4n) is 4.20. The second kappa shape index (κ2) is 5.66. The fraction of sp³-hybridized carbons (Fsp3) is 0.632. The van der Waals surface area contributed by atoms with Crippen LogP contribution in [0.2, 0.25) is 0 Å². The first-order chi connectivity index (χ1) is 11.5. The number of hydrogen-bond donors (Lipinski definition) is 1. The quantitative estimate of drug-likeness (QED) is 0.904. The van der Waals surface area contributed by atoms with Crippen LogP contribution in [-0.2, 0) is 0 Å². The lowest BCUT2D eigenvalue weighted by Crippen LogP contribution is -2.48. The average Bonchev–Trinajstić information content (AvgIpc) is 2.80. The molecule has 0 aromatic heterocycles. The highest BCUT2D eigenvalue weighted by Gasteiger charge is 2.51. The molecule has 5 nitrogen and oxygen atoms in total. The van der Waals surface area contributed by atoms with E-state index < -0.39 is 5.60 Å². The van der Waals surface area contributed by atoms with Crippen molar-refractivity contribution in [1.29, 1.82) is 0 Å². The van der Waals surface area contributed by atoms with Gasteiger partial charge in [0.05, 0.1) is 12.1 Å². The predicted octanol–water partition coefficient (Wildman–Crippen LogP) is 2.39. The van der Waals surface area contributed by atoms with Gasteiger partial charge in [-0.3, -0.25) is 4.79 Å². The van der Waals surface area contributed by atoms with Crippen LogP contribution in [0.25, 0.3) is 0 Å². The van der Waals surface area contributed by atoms with Crippen molar-refractivity contribution in [2.75, 3.05) is 26.3 Å². The van der Waals surface area contributed by atoms with E-state index in [1.807, 2.05) is 13.0 Å². The van der Waals surface area contributed by atoms with Gasteiger partial charge in [-0.1, -0.05) is 13.3 Å². The van der Waals surface area contributed by atoms with E-state index in [4.69, 9.17) is 9.47 Å². The summed E-state index contributed by atoms with van der Waals surface area (Å²) in [4.78, 5) is 14.8. The highest BCUT2D eigenvalue weighted by molar-refractivity contribution is 5.96. The Morgan fingerprint density at radius 2 is 1.92 bits per heavy atom. The van der Waals surface area contributed by atoms with Crippen molar-refractivity contribution in [3.8, 4) is 11.5 Å². The number of hydrogen-bond acceptors (Lipinski definition) is 4. The number of aryl methyl sites for hydroxylation is 1. The molecule has 130 valence electrons. The van der Waals surface area contributed by atoms with Crippen molar-refractivity contribution in [2.45, 2.75) is 38.7 Å². The number of benzene rings is 1. The Bertz CT molecular complexity index is 670. The lowest BCUT2D eigenvalue weighted by Gasteiger charge is -2.41. The standard InChI is InChI=1S/C19H25NO4/c1-12-8-16-17(24-7-6-23-16)9-15(12)18(21)20-10-13(2)19(22,11-20)14-4-3-5-14/h8-9,13-14,22H,3-7,10-11H2,1-2H3/t13-,19+/m1/s1. The smallest absolute Gasteiger partial charge is 0.254 e. The second-order valence-corrected chi connectivity index (χ2v) is 7.52. The number of fused-ring (bicyclic) bond motifs is 1. The van der Waals surface area contributed by atoms with Crippen molar-refractivity contribution in [2.24, 2.45) is 11.8 Å². The Hall–Kier alpha value is -1.75. The summed E-state index contributed by atoms with van der Waals surface area (Å²) in [6.45, 7) is 6.07. The van der Waals surface area contributed by atoms with Gasteiger partial charge in [-0.05, 0) is 43.4 Å². The molecule has 5 heteroatoms. The first-order valence-corrected chi connectivity index (χ1v) is 8.91. The monoisotopic (exact) mass is 331 g/mol. The minimum Gasteiger partial charge on any atom is -0.486 e. The van der Waals surface area contributed by atoms with E-state index >= 15 is 0 Å². The van der Waals surface area contributed by atoms with Crippen molar-refractivity contribution >= 4 is 5.91 Å². The summed E-state index contributed by atoms with van der Waals surface area (Å²) < 4.78 is 11.2. The summed E-state index contributed by atoms with van der Waals surface area (Å²) in [7, 11) is 0. The van der Waals surface area contributed by atoms with Gasteiger partial charge in [-0.25, -0.2) is 0 Å². The van der Waals surface area contributed by atoms with Gasteiger partial charge in [0.15, 0.2) is 11.5 Å². The van der Waals surface area contributed by atoms with Crippen LogP contribution in [0.5, 0.6) is 11.5 Å². The summed E-state index contributed by atoms with van der Waals surface area (Å²) in [6, 6.07) is 3.66. The van der Waals surface area contributed by atoms with E-state index in [0.717, 1.165) is 18.4 Å². The van der Waals surface area contributed by atoms with Crippen LogP contribution in [0.15, 0.2) is 12.1 Å². The molecule has 2 fully saturated rings. The highest BCUT2D eigenvalue weighted by Crippen LogP contribution is 2.44. The predicted molar refractivity (Wildman–Crippen MR) is 89.5 cm³/mol. The molecular weight excluding hydrogens is 306 g/mol. The van der Waals surface area contributed by atoms with Gasteiger partial charge in [0.1, 0.15) is 13.2 Å². The molecule has 3 aliphatic rings. The molecule has 4 rings (SSSR count). The molecule has 0 radical (unpaired) electrons. The fourth-order valence-corrected chi connectivity index (χ4v) is 4.20. The van der Waals surface area contributed by atoms with Crippen LogP contribution in [0.1, 0.15) is 42.1 Å². The largest absolute Gasteiger partial charge is 0.486 e. The Morgan fingerprint density at radius 3 is 2.54 bits per heavy atom. The zero-order chi connectivity index (χ0) is 16.9. The molecule has 0 bridgehead atoms. The normalized spacial score (nSPS) is 29.5. The topological polar surface area (TPSA) is 59.0 Å². The molecule has 1 saturated heterocycles. The molecule has 1 saturated carbocycles. The van der Waals surface area contributed by atoms with E-state index in [0.29, 0.717) is 49.3 Å². The molecule has 0 unspecified atom stereocenters. The van der Waals surface area contributed by atoms with Crippen molar-refractivity contribution in [1.82, 2.24) is 4.90 Å². The van der Waals surface area contributed by atoms with Crippen LogP contribution in [-0.4, -0.2) is 47.8 Å². The average molecular weight is 331 g/mol. The van der Waals surface area contributed by atoms with E-state index in [2.05, 4.69) is 6.92 Å². The molecular formula is C19H25NO4. The van der Waals surface area contributed by atoms with E-state index in [1.54, 1.807) is 11.0 Å². The Labute approximate surface area is 142 Å². The second-order valence-electron chi connectivity index (χ2n) is 7.52. The Kier molecular flexibility index (Phi) is 3.71. The number of β-amino-alcohol motifs (C(OH)–C–C–N with tert-alkyl or cyclic N) is 1. The maximum atomic E-state index is 13.0. The van der Waals surface area contributed by atoms with E-state index in [-0.39, 0.29) is 11.8 Å². The SMILES string of the molecule is Cc1cc2c(cc1C(=O)N1C[C@@H](C)[C@](O)(C3CCC3)C1)OCCO2. The minimum absolute atomic E-state index is 0.0217. The first-order valence-electron chi connectivity index (χ1n) is 8.91. The zero-order valence-electron chi connectivity index (χ0n) is 14.4. The molecule has 1 aromatic carbocycles. The van der Waals surface area contributed by atoms with Crippen molar-refractivity contribution < 1.29 is 19.4 Å². The summed E-state index contributed by atoms with van der Waals surface area (Å²) in [5.74, 6) is 1.77. The van der Waals surface area contributed by atoms with Crippen LogP contribution in [0, 0.1) is 18.8 Å². The lowest BCUT2D eigenvalue weighted by molar-refractivity contribution is -0.0660. The Balaban J connectivity index is 1.58. The number of likely N-dealkylation sites (tertiary alicyclic amines) is 1. The number of amides is 1. The molecule has 2 aliphatic heterocycles. The van der Waals surface area contributed by atoms with Gasteiger partial charge in [0.25, 0.3) is 5.91 Å². The van der Waals surface area contributed by atoms with Gasteiger partial charge in [-0.15, -0.1) is 0 Å². The minimum atomic E-state index is -0.727. The number of carbonyl (C=O) groups excluding carboxylic acids is 1. The van der Waals surface area contributed by atoms with Gasteiger partial charge >= 0.3 is 0 Å². The van der Waals surface area contributed by atoms with Crippen LogP contribution in [0.3, 0.4) is 0 Å². The third-order valence-corrected chi connectivity index (χ3v) is 6.01. The lowest BCUT2D eigenvalue weighted by atomic mass is 9.69. The van der Waals surface area contributed by atoms with Gasteiger partial charge in [0, 0.05) is 18.0 Å². The maximum absolute atomic E-state index is 13.0. The van der Waals surface area contributed by atoms with Gasteiger partial charge in [-0.2, -0.15) is 0 Å². The van der Waals surface area contributed by atoms with Crippen LogP contribution < -0.4 is 9.47 Å². The molecule has 24 heavy (non-hydrogen) atoms. The van der Waals surface area contributed by atoms with Gasteiger partial charge in [0.2, 0.25) is 0 Å². The molecule has 1 N–H and O–H groups in total. The molecule has 0 spiro atoms. The van der Waals surface area contributed by atoms with Crippen molar-refractivity contribution in [3.63, 3.8) is 0 Å². The maximum Gasteiger partial charge on any atom is 0.254 e. The molecule has 1 aromatic rings. The summed E-state index contributed by atoms with van der Waals surface area (Å²) in [6.07, 6.45) is 3.34. The number of carbonyl (C=O) groups is 1. The third kappa shape index (κ3) is 2.37. The molecule has 1 amide bonds. The van der Waals surface area contributed by atoms with Crippen LogP contribution in [0.4, 0.5) is 0 Å². The zero-order valence-corrected chi connectivity index (χ0v) is 14.4.